The smallest absolute Gasteiger partial charge is 0.270 e. The van der Waals surface area contributed by atoms with Gasteiger partial charge in [-0.05, 0) is 61.5 Å². The van der Waals surface area contributed by atoms with Gasteiger partial charge in [0.1, 0.15) is 5.69 Å². The van der Waals surface area contributed by atoms with Crippen molar-refractivity contribution >= 4 is 11.6 Å². The second-order valence-corrected chi connectivity index (χ2v) is 6.84. The van der Waals surface area contributed by atoms with Crippen molar-refractivity contribution in [3.05, 3.63) is 24.0 Å². The number of rotatable bonds is 5. The van der Waals surface area contributed by atoms with Gasteiger partial charge in [0.15, 0.2) is 0 Å². The Bertz CT molecular complexity index is 543. The SMILES string of the molecule is CCCNc1ccnc(C(=O)NC2C3C4CCC(C4)C23)c1. The summed E-state index contributed by atoms with van der Waals surface area (Å²) in [5.74, 6) is 3.31. The van der Waals surface area contributed by atoms with Gasteiger partial charge in [-0.3, -0.25) is 9.78 Å². The van der Waals surface area contributed by atoms with E-state index < -0.39 is 0 Å². The summed E-state index contributed by atoms with van der Waals surface area (Å²) in [6.45, 7) is 3.04. The Morgan fingerprint density at radius 2 is 2.10 bits per heavy atom. The zero-order valence-corrected chi connectivity index (χ0v) is 12.5. The highest BCUT2D eigenvalue weighted by molar-refractivity contribution is 5.93. The van der Waals surface area contributed by atoms with Crippen LogP contribution in [0.15, 0.2) is 18.3 Å². The highest BCUT2D eigenvalue weighted by Gasteiger charge is 2.65. The third-order valence-corrected chi connectivity index (χ3v) is 5.60. The zero-order valence-electron chi connectivity index (χ0n) is 12.5. The van der Waals surface area contributed by atoms with Crippen LogP contribution in [0.5, 0.6) is 0 Å². The van der Waals surface area contributed by atoms with Crippen molar-refractivity contribution < 1.29 is 4.79 Å². The second-order valence-electron chi connectivity index (χ2n) is 6.84. The first-order valence-electron chi connectivity index (χ1n) is 8.28. The molecular weight excluding hydrogens is 262 g/mol. The van der Waals surface area contributed by atoms with Gasteiger partial charge in [0.25, 0.3) is 5.91 Å². The van der Waals surface area contributed by atoms with Crippen molar-refractivity contribution in [1.82, 2.24) is 10.3 Å². The van der Waals surface area contributed by atoms with E-state index in [1.54, 1.807) is 6.20 Å². The van der Waals surface area contributed by atoms with Crippen LogP contribution in [0.25, 0.3) is 0 Å². The number of fused-ring (bicyclic) bond motifs is 5. The van der Waals surface area contributed by atoms with Crippen LogP contribution in [0.3, 0.4) is 0 Å². The molecule has 21 heavy (non-hydrogen) atoms. The Labute approximate surface area is 125 Å². The van der Waals surface area contributed by atoms with Gasteiger partial charge in [0.2, 0.25) is 0 Å². The molecule has 0 aliphatic heterocycles. The van der Waals surface area contributed by atoms with Crippen LogP contribution in [0, 0.1) is 23.7 Å². The minimum Gasteiger partial charge on any atom is -0.385 e. The summed E-state index contributed by atoms with van der Waals surface area (Å²) in [7, 11) is 0. The Morgan fingerprint density at radius 3 is 2.81 bits per heavy atom. The van der Waals surface area contributed by atoms with Gasteiger partial charge in [0.05, 0.1) is 0 Å². The lowest BCUT2D eigenvalue weighted by atomic mass is 10.0. The van der Waals surface area contributed by atoms with E-state index in [4.69, 9.17) is 0 Å². The minimum absolute atomic E-state index is 0.00560. The molecule has 112 valence electrons. The lowest BCUT2D eigenvalue weighted by molar-refractivity contribution is 0.0939. The summed E-state index contributed by atoms with van der Waals surface area (Å²) in [6.07, 6.45) is 6.96. The summed E-state index contributed by atoms with van der Waals surface area (Å²) in [6, 6.07) is 4.20. The Hall–Kier alpha value is -1.58. The van der Waals surface area contributed by atoms with Gasteiger partial charge in [-0.1, -0.05) is 6.92 Å². The monoisotopic (exact) mass is 285 g/mol. The van der Waals surface area contributed by atoms with E-state index >= 15 is 0 Å². The van der Waals surface area contributed by atoms with Crippen LogP contribution in [-0.4, -0.2) is 23.5 Å². The molecule has 4 unspecified atom stereocenters. The van der Waals surface area contributed by atoms with Crippen molar-refractivity contribution in [2.75, 3.05) is 11.9 Å². The van der Waals surface area contributed by atoms with E-state index in [1.165, 1.54) is 19.3 Å². The van der Waals surface area contributed by atoms with Gasteiger partial charge in [-0.15, -0.1) is 0 Å². The van der Waals surface area contributed by atoms with Crippen LogP contribution >= 0.6 is 0 Å². The molecule has 1 aromatic heterocycles. The number of amides is 1. The number of nitrogens with zero attached hydrogens (tertiary/aromatic N) is 1. The predicted octanol–water partition coefficient (Wildman–Crippen LogP) is 2.68. The van der Waals surface area contributed by atoms with E-state index in [2.05, 4.69) is 22.5 Å². The largest absolute Gasteiger partial charge is 0.385 e. The number of carbonyl (C=O) groups is 1. The number of hydrogen-bond acceptors (Lipinski definition) is 3. The van der Waals surface area contributed by atoms with Gasteiger partial charge in [0, 0.05) is 24.5 Å². The number of hydrogen-bond donors (Lipinski definition) is 2. The third-order valence-electron chi connectivity index (χ3n) is 5.60. The first-order chi connectivity index (χ1) is 10.3. The number of aromatic nitrogens is 1. The maximum absolute atomic E-state index is 12.4. The molecule has 2 bridgehead atoms. The van der Waals surface area contributed by atoms with Crippen LogP contribution in [0.4, 0.5) is 5.69 Å². The normalized spacial score (nSPS) is 35.4. The molecule has 0 saturated heterocycles. The molecule has 0 spiro atoms. The highest BCUT2D eigenvalue weighted by Crippen LogP contribution is 2.65. The number of carbonyl (C=O) groups excluding carboxylic acids is 1. The van der Waals surface area contributed by atoms with E-state index in [0.717, 1.165) is 42.3 Å². The fraction of sp³-hybridized carbons (Fsp3) is 0.647. The molecule has 3 saturated carbocycles. The molecule has 4 heteroatoms. The van der Waals surface area contributed by atoms with Crippen molar-refractivity contribution in [3.8, 4) is 0 Å². The van der Waals surface area contributed by atoms with Crippen molar-refractivity contribution in [3.63, 3.8) is 0 Å². The van der Waals surface area contributed by atoms with Gasteiger partial charge >= 0.3 is 0 Å². The predicted molar refractivity (Wildman–Crippen MR) is 82.1 cm³/mol. The molecule has 4 rings (SSSR count). The van der Waals surface area contributed by atoms with Crippen molar-refractivity contribution in [1.29, 1.82) is 0 Å². The van der Waals surface area contributed by atoms with Gasteiger partial charge < -0.3 is 10.6 Å². The molecule has 0 radical (unpaired) electrons. The van der Waals surface area contributed by atoms with Crippen LogP contribution in [-0.2, 0) is 0 Å². The molecule has 1 aromatic rings. The molecule has 1 heterocycles. The lowest BCUT2D eigenvalue weighted by Gasteiger charge is -2.11. The summed E-state index contributed by atoms with van der Waals surface area (Å²) in [5.41, 5.74) is 1.52. The second kappa shape index (κ2) is 5.00. The summed E-state index contributed by atoms with van der Waals surface area (Å²) < 4.78 is 0. The van der Waals surface area contributed by atoms with Crippen LogP contribution in [0.2, 0.25) is 0 Å². The number of nitrogens with one attached hydrogen (secondary N) is 2. The molecule has 0 aromatic carbocycles. The number of pyridine rings is 1. The molecule has 4 atom stereocenters. The third kappa shape index (κ3) is 2.21. The van der Waals surface area contributed by atoms with Crippen LogP contribution in [0.1, 0.15) is 43.1 Å². The topological polar surface area (TPSA) is 54.0 Å². The molecular formula is C17H23N3O. The van der Waals surface area contributed by atoms with Crippen molar-refractivity contribution in [2.45, 2.75) is 38.6 Å². The van der Waals surface area contributed by atoms with E-state index in [0.29, 0.717) is 11.7 Å². The van der Waals surface area contributed by atoms with Gasteiger partial charge in [-0.25, -0.2) is 0 Å². The fourth-order valence-electron chi connectivity index (χ4n) is 4.68. The molecule has 1 amide bonds. The standard InChI is InChI=1S/C17H23N3O/c1-2-6-18-12-5-7-19-13(9-12)17(21)20-16-14-10-3-4-11(8-10)15(14)16/h5,7,9-11,14-16H,2-4,6,8H2,1H3,(H,18,19)(H,20,21). The maximum atomic E-state index is 12.4. The molecule has 2 N–H and O–H groups in total. The summed E-state index contributed by atoms with van der Waals surface area (Å²) in [5, 5.41) is 6.53. The molecule has 3 aliphatic carbocycles. The minimum atomic E-state index is -0.00560. The van der Waals surface area contributed by atoms with E-state index in [-0.39, 0.29) is 5.91 Å². The molecule has 3 aliphatic rings. The first-order valence-corrected chi connectivity index (χ1v) is 8.28. The first kappa shape index (κ1) is 13.1. The average molecular weight is 285 g/mol. The lowest BCUT2D eigenvalue weighted by Crippen LogP contribution is -2.30. The molecule has 4 nitrogen and oxygen atoms in total. The Kier molecular flexibility index (Phi) is 3.12. The fourth-order valence-corrected chi connectivity index (χ4v) is 4.68. The highest BCUT2D eigenvalue weighted by atomic mass is 16.2. The quantitative estimate of drug-likeness (QED) is 0.874. The molecule has 3 fully saturated rings. The Morgan fingerprint density at radius 1 is 1.33 bits per heavy atom. The maximum Gasteiger partial charge on any atom is 0.270 e. The summed E-state index contributed by atoms with van der Waals surface area (Å²) >= 11 is 0. The van der Waals surface area contributed by atoms with Gasteiger partial charge in [-0.2, -0.15) is 0 Å². The van der Waals surface area contributed by atoms with E-state index in [9.17, 15) is 4.79 Å². The average Bonchev–Trinajstić information content (AvgIpc) is 2.90. The van der Waals surface area contributed by atoms with E-state index in [1.807, 2.05) is 12.1 Å². The zero-order chi connectivity index (χ0) is 14.4. The van der Waals surface area contributed by atoms with Crippen LogP contribution < -0.4 is 10.6 Å². The summed E-state index contributed by atoms with van der Waals surface area (Å²) in [4.78, 5) is 16.6. The van der Waals surface area contributed by atoms with Crippen molar-refractivity contribution in [2.24, 2.45) is 23.7 Å². The number of anilines is 1. The Balaban J connectivity index is 1.39.